The number of alkyl halides is 1. The number of phenolic OH excluding ortho intramolecular Hbond substituents is 1. The molecule has 4 amide bonds. The van der Waals surface area contributed by atoms with Gasteiger partial charge in [-0.2, -0.15) is 0 Å². The van der Waals surface area contributed by atoms with Crippen LogP contribution in [0.15, 0.2) is 85.1 Å². The number of amides is 4. The van der Waals surface area contributed by atoms with Crippen LogP contribution in [0.2, 0.25) is 0 Å². The average Bonchev–Trinajstić information content (AvgIpc) is 3.68. The number of hydrogen-bond donors (Lipinski definition) is 3. The Balaban J connectivity index is 0.768. The minimum atomic E-state index is -1.35. The summed E-state index contributed by atoms with van der Waals surface area (Å²) in [6, 6.07) is 24.3. The van der Waals surface area contributed by atoms with E-state index in [0.29, 0.717) is 74.7 Å². The predicted octanol–water partition coefficient (Wildman–Crippen LogP) is 6.08. The number of likely N-dealkylation sites (tertiary alicyclic amines) is 2. The number of rotatable bonds is 8. The number of phenols is 1. The number of para-hydroxylation sites is 1. The van der Waals surface area contributed by atoms with Gasteiger partial charge < -0.3 is 34.8 Å². The summed E-state index contributed by atoms with van der Waals surface area (Å²) >= 11 is 0. The van der Waals surface area contributed by atoms with Crippen molar-refractivity contribution in [3.63, 3.8) is 0 Å². The number of imide groups is 1. The fourth-order valence-electron chi connectivity index (χ4n) is 9.23. The normalized spacial score (nSPS) is 21.7. The number of aromatic hydroxyl groups is 1. The zero-order valence-electron chi connectivity index (χ0n) is 33.7. The van der Waals surface area contributed by atoms with Crippen LogP contribution in [0.1, 0.15) is 67.1 Å². The third-order valence-electron chi connectivity index (χ3n) is 12.7. The van der Waals surface area contributed by atoms with Crippen LogP contribution in [0, 0.1) is 0 Å². The molecule has 4 aliphatic rings. The highest BCUT2D eigenvalue weighted by Gasteiger charge is 2.39. The van der Waals surface area contributed by atoms with Gasteiger partial charge >= 0.3 is 6.03 Å². The molecule has 9 rings (SSSR count). The number of anilines is 3. The first-order valence-corrected chi connectivity index (χ1v) is 20.8. The molecule has 0 bridgehead atoms. The molecule has 6 heterocycles. The Morgan fingerprint density at radius 1 is 0.967 bits per heavy atom. The summed E-state index contributed by atoms with van der Waals surface area (Å²) < 4.78 is 24.9. The van der Waals surface area contributed by atoms with Gasteiger partial charge in [0.05, 0.1) is 18.0 Å². The van der Waals surface area contributed by atoms with E-state index in [1.54, 1.807) is 28.0 Å². The Hall–Kier alpha value is -6.06. The Morgan fingerprint density at radius 2 is 1.73 bits per heavy atom. The van der Waals surface area contributed by atoms with Crippen molar-refractivity contribution in [1.82, 2.24) is 29.9 Å². The average molecular weight is 816 g/mol. The van der Waals surface area contributed by atoms with Gasteiger partial charge in [0.15, 0.2) is 5.82 Å². The van der Waals surface area contributed by atoms with E-state index in [0.717, 1.165) is 48.1 Å². The van der Waals surface area contributed by atoms with Gasteiger partial charge in [0.1, 0.15) is 17.5 Å². The first kappa shape index (κ1) is 39.4. The van der Waals surface area contributed by atoms with Gasteiger partial charge in [0.25, 0.3) is 5.91 Å². The summed E-state index contributed by atoms with van der Waals surface area (Å²) in [5, 5.41) is 22.3. The number of nitrogens with zero attached hydrogens (tertiary/aromatic N) is 7. The lowest BCUT2D eigenvalue weighted by Gasteiger charge is -2.41. The van der Waals surface area contributed by atoms with Gasteiger partial charge in [-0.15, -0.1) is 10.2 Å². The molecule has 5 aromatic rings. The highest BCUT2D eigenvalue weighted by Crippen LogP contribution is 2.37. The monoisotopic (exact) mass is 815 g/mol. The second kappa shape index (κ2) is 16.2. The number of aromatic nitrogens is 3. The summed E-state index contributed by atoms with van der Waals surface area (Å²) in [5.41, 5.74) is 10.1. The molecule has 2 aromatic heterocycles. The van der Waals surface area contributed by atoms with Crippen LogP contribution in [0.5, 0.6) is 5.75 Å². The molecule has 312 valence electrons. The molecule has 0 saturated carbocycles. The Bertz CT molecular complexity index is 2410. The standard InChI is InChI=1S/C45H50FN9O5/c1-29-27-60-40(26-55(29)38-25-36(49-50-42(38)47)35-4-2-3-5-39(35)56)30-6-8-31(9-7-30)43(58)52-22-16-45(46,17-23-52)28-51-18-13-33(14-19-51)53-20-12-32-24-34(10-11-37(32)53)54-21-15-41(57)48-44(54)59/h2-12,20,24-25,29,33,40,56H,13-19,21-23,26-28H2,1H3,(H2,47,50)(H,48,57,59)/t29-,40+/m1/s1. The highest BCUT2D eigenvalue weighted by molar-refractivity contribution is 6.06. The van der Waals surface area contributed by atoms with E-state index in [2.05, 4.69) is 49.1 Å². The number of ether oxygens (including phenoxy) is 1. The van der Waals surface area contributed by atoms with Crippen molar-refractivity contribution in [1.29, 1.82) is 0 Å². The SMILES string of the molecule is C[C@@H]1CO[C@H](c2ccc(C(=O)N3CCC(F)(CN4CCC(n5ccc6cc(N7CCC(=O)NC7=O)ccc65)CC4)CC3)cc2)CN1c1cc(-c2ccccc2O)nnc1N. The maximum atomic E-state index is 16.3. The summed E-state index contributed by atoms with van der Waals surface area (Å²) in [7, 11) is 0. The number of nitrogens with two attached hydrogens (primary N) is 1. The quantitative estimate of drug-likeness (QED) is 0.167. The molecule has 4 aliphatic heterocycles. The van der Waals surface area contributed by atoms with Crippen LogP contribution >= 0.6 is 0 Å². The van der Waals surface area contributed by atoms with Crippen LogP contribution in [-0.2, 0) is 9.53 Å². The van der Waals surface area contributed by atoms with Crippen molar-refractivity contribution in [3.05, 3.63) is 96.2 Å². The van der Waals surface area contributed by atoms with Crippen molar-refractivity contribution in [3.8, 4) is 17.0 Å². The fourth-order valence-corrected chi connectivity index (χ4v) is 9.23. The van der Waals surface area contributed by atoms with E-state index in [-0.39, 0.29) is 48.0 Å². The number of nitrogens with one attached hydrogen (secondary N) is 1. The molecule has 3 aromatic carbocycles. The summed E-state index contributed by atoms with van der Waals surface area (Å²) in [4.78, 5) is 45.3. The number of fused-ring (bicyclic) bond motifs is 1. The van der Waals surface area contributed by atoms with Gasteiger partial charge in [-0.25, -0.2) is 9.18 Å². The summed E-state index contributed by atoms with van der Waals surface area (Å²) in [6.07, 6.45) is 4.49. The van der Waals surface area contributed by atoms with Crippen LogP contribution in [0.25, 0.3) is 22.2 Å². The van der Waals surface area contributed by atoms with Crippen LogP contribution in [0.4, 0.5) is 26.4 Å². The molecule has 0 unspecified atom stereocenters. The molecular formula is C45H50FN9O5. The first-order chi connectivity index (χ1) is 29.0. The van der Waals surface area contributed by atoms with Crippen LogP contribution in [0.3, 0.4) is 0 Å². The Morgan fingerprint density at radius 3 is 2.48 bits per heavy atom. The number of carbonyl (C=O) groups excluding carboxylic acids is 3. The maximum Gasteiger partial charge on any atom is 0.328 e. The zero-order chi connectivity index (χ0) is 41.5. The highest BCUT2D eigenvalue weighted by atomic mass is 19.1. The minimum Gasteiger partial charge on any atom is -0.507 e. The van der Waals surface area contributed by atoms with Gasteiger partial charge in [-0.3, -0.25) is 19.8 Å². The van der Waals surface area contributed by atoms with Crippen molar-refractivity contribution >= 4 is 45.9 Å². The third kappa shape index (κ3) is 7.86. The van der Waals surface area contributed by atoms with Gasteiger partial charge in [-0.1, -0.05) is 24.3 Å². The maximum absolute atomic E-state index is 16.3. The lowest BCUT2D eigenvalue weighted by Crippen LogP contribution is -2.51. The Kier molecular flexibility index (Phi) is 10.6. The molecule has 14 nitrogen and oxygen atoms in total. The minimum absolute atomic E-state index is 0.00832. The van der Waals surface area contributed by atoms with E-state index in [1.165, 1.54) is 0 Å². The number of nitrogen functional groups attached to an aromatic ring is 1. The van der Waals surface area contributed by atoms with E-state index in [1.807, 2.05) is 54.6 Å². The Labute approximate surface area is 347 Å². The number of piperidine rings is 2. The molecule has 4 fully saturated rings. The van der Waals surface area contributed by atoms with E-state index in [9.17, 15) is 19.5 Å². The molecule has 15 heteroatoms. The number of hydrogen-bond acceptors (Lipinski definition) is 10. The largest absolute Gasteiger partial charge is 0.507 e. The molecular weight excluding hydrogens is 766 g/mol. The van der Waals surface area contributed by atoms with Gasteiger partial charge in [0.2, 0.25) is 5.91 Å². The number of morpholine rings is 1. The van der Waals surface area contributed by atoms with Crippen molar-refractivity contribution in [2.75, 3.05) is 68.0 Å². The number of benzene rings is 3. The number of urea groups is 1. The lowest BCUT2D eigenvalue weighted by atomic mass is 9.91. The number of carbonyl (C=O) groups is 3. The zero-order valence-corrected chi connectivity index (χ0v) is 33.7. The smallest absolute Gasteiger partial charge is 0.328 e. The fraction of sp³-hybridized carbons (Fsp3) is 0.400. The van der Waals surface area contributed by atoms with E-state index in [4.69, 9.17) is 10.5 Å². The molecule has 4 N–H and O–H groups in total. The van der Waals surface area contributed by atoms with Gasteiger partial charge in [-0.05, 0) is 79.9 Å². The van der Waals surface area contributed by atoms with E-state index >= 15 is 4.39 Å². The predicted molar refractivity (Wildman–Crippen MR) is 227 cm³/mol. The molecule has 60 heavy (non-hydrogen) atoms. The summed E-state index contributed by atoms with van der Waals surface area (Å²) in [6.45, 7) is 6.04. The number of halogens is 1. The summed E-state index contributed by atoms with van der Waals surface area (Å²) in [5.74, 6) is 0.0478. The topological polar surface area (TPSA) is 162 Å². The molecule has 0 aliphatic carbocycles. The van der Waals surface area contributed by atoms with E-state index < -0.39 is 11.7 Å². The van der Waals surface area contributed by atoms with Crippen LogP contribution in [-0.4, -0.2) is 112 Å². The van der Waals surface area contributed by atoms with Gasteiger partial charge in [0, 0.05) is 111 Å². The van der Waals surface area contributed by atoms with Crippen molar-refractivity contribution in [2.45, 2.75) is 62.9 Å². The van der Waals surface area contributed by atoms with Crippen molar-refractivity contribution in [2.24, 2.45) is 0 Å². The third-order valence-corrected chi connectivity index (χ3v) is 12.7. The lowest BCUT2D eigenvalue weighted by molar-refractivity contribution is -0.120. The first-order valence-electron chi connectivity index (χ1n) is 20.8. The second-order valence-electron chi connectivity index (χ2n) is 16.6. The molecule has 2 atom stereocenters. The van der Waals surface area contributed by atoms with Crippen molar-refractivity contribution < 1.29 is 28.6 Å². The molecule has 0 spiro atoms. The second-order valence-corrected chi connectivity index (χ2v) is 16.6. The van der Waals surface area contributed by atoms with Crippen LogP contribution < -0.4 is 20.9 Å². The molecule has 0 radical (unpaired) electrons. The molecule has 4 saturated heterocycles.